The summed E-state index contributed by atoms with van der Waals surface area (Å²) in [4.78, 5) is 10.1. The van der Waals surface area contributed by atoms with E-state index in [0.717, 1.165) is 44.7 Å². The van der Waals surface area contributed by atoms with E-state index in [1.807, 2.05) is 24.6 Å². The normalized spacial score (nSPS) is 11.5. The lowest BCUT2D eigenvalue weighted by atomic mass is 9.96. The average Bonchev–Trinajstić information content (AvgIpc) is 3.04. The molecule has 0 N–H and O–H groups in total. The van der Waals surface area contributed by atoms with Crippen LogP contribution in [-0.2, 0) is 0 Å². The van der Waals surface area contributed by atoms with Crippen LogP contribution in [0.2, 0.25) is 0 Å². The quantitative estimate of drug-likeness (QED) is 0.337. The predicted octanol–water partition coefficient (Wildman–Crippen LogP) is 6.18. The van der Waals surface area contributed by atoms with Crippen molar-refractivity contribution in [2.75, 3.05) is 0 Å². The lowest BCUT2D eigenvalue weighted by Gasteiger charge is -2.12. The van der Waals surface area contributed by atoms with Gasteiger partial charge in [0.15, 0.2) is 5.82 Å². The van der Waals surface area contributed by atoms with Crippen LogP contribution >= 0.6 is 0 Å². The molecule has 4 heteroatoms. The summed E-state index contributed by atoms with van der Waals surface area (Å²) in [6.45, 7) is 10.5. The Labute approximate surface area is 176 Å². The molecule has 0 amide bonds. The summed E-state index contributed by atoms with van der Waals surface area (Å²) >= 11 is 0. The number of aromatic nitrogens is 4. The smallest absolute Gasteiger partial charge is 0.154 e. The van der Waals surface area contributed by atoms with E-state index in [-0.39, 0.29) is 0 Å². The molecule has 5 rings (SSSR count). The van der Waals surface area contributed by atoms with Gasteiger partial charge in [-0.2, -0.15) is 5.10 Å². The van der Waals surface area contributed by atoms with Crippen molar-refractivity contribution >= 4 is 21.8 Å². The highest BCUT2D eigenvalue weighted by atomic mass is 15.3. The predicted molar refractivity (Wildman–Crippen MR) is 123 cm³/mol. The molecule has 0 fully saturated rings. The number of benzene rings is 2. The maximum Gasteiger partial charge on any atom is 0.154 e. The molecule has 30 heavy (non-hydrogen) atoms. The van der Waals surface area contributed by atoms with Crippen molar-refractivity contribution in [2.24, 2.45) is 0 Å². The van der Waals surface area contributed by atoms with Gasteiger partial charge in [-0.3, -0.25) is 0 Å². The molecule has 0 aliphatic carbocycles. The zero-order valence-corrected chi connectivity index (χ0v) is 18.0. The first kappa shape index (κ1) is 18.5. The van der Waals surface area contributed by atoms with Gasteiger partial charge in [-0.05, 0) is 70.0 Å². The second-order valence-electron chi connectivity index (χ2n) is 8.19. The van der Waals surface area contributed by atoms with Crippen LogP contribution in [-0.4, -0.2) is 19.7 Å². The molecule has 0 unspecified atom stereocenters. The summed E-state index contributed by atoms with van der Waals surface area (Å²) in [6.07, 6.45) is 0. The molecule has 148 valence electrons. The molecular weight excluding hydrogens is 368 g/mol. The van der Waals surface area contributed by atoms with Crippen LogP contribution in [0.4, 0.5) is 0 Å². The summed E-state index contributed by atoms with van der Waals surface area (Å²) in [5, 5.41) is 6.77. The molecule has 0 saturated heterocycles. The highest BCUT2D eigenvalue weighted by Gasteiger charge is 2.12. The Balaban J connectivity index is 1.77. The first-order chi connectivity index (χ1) is 14.4. The number of fused-ring (bicyclic) bond motifs is 3. The van der Waals surface area contributed by atoms with Gasteiger partial charge in [0.05, 0.1) is 22.4 Å². The number of hydrogen-bond acceptors (Lipinski definition) is 3. The average molecular weight is 393 g/mol. The minimum atomic E-state index is 0.815. The van der Waals surface area contributed by atoms with Crippen LogP contribution in [0.25, 0.3) is 38.9 Å². The van der Waals surface area contributed by atoms with E-state index in [1.165, 1.54) is 22.3 Å². The molecule has 0 saturated carbocycles. The standard InChI is InChI=1S/C26H24N4/c1-15-12-16(2)24(17(3)13-15)22-10-8-20-6-7-21-9-11-23(28-26(21)25(20)27-22)30-19(5)14-18(4)29-30/h6-14H,1-5H3. The van der Waals surface area contributed by atoms with Crippen molar-refractivity contribution in [3.63, 3.8) is 0 Å². The lowest BCUT2D eigenvalue weighted by Crippen LogP contribution is -2.02. The molecule has 0 atom stereocenters. The highest BCUT2D eigenvalue weighted by molar-refractivity contribution is 6.03. The number of nitrogens with zero attached hydrogens (tertiary/aromatic N) is 4. The van der Waals surface area contributed by atoms with Crippen LogP contribution in [0.5, 0.6) is 0 Å². The molecule has 4 nitrogen and oxygen atoms in total. The Morgan fingerprint density at radius 3 is 1.90 bits per heavy atom. The van der Waals surface area contributed by atoms with Crippen LogP contribution < -0.4 is 0 Å². The molecule has 0 aliphatic rings. The second-order valence-corrected chi connectivity index (χ2v) is 8.19. The summed E-state index contributed by atoms with van der Waals surface area (Å²) in [5.41, 5.74) is 9.84. The summed E-state index contributed by atoms with van der Waals surface area (Å²) < 4.78 is 1.89. The number of aryl methyl sites for hydroxylation is 5. The number of rotatable bonds is 2. The fourth-order valence-electron chi connectivity index (χ4n) is 4.46. The topological polar surface area (TPSA) is 43.6 Å². The van der Waals surface area contributed by atoms with Gasteiger partial charge in [0, 0.05) is 22.0 Å². The first-order valence-corrected chi connectivity index (χ1v) is 10.2. The zero-order valence-electron chi connectivity index (χ0n) is 18.0. The van der Waals surface area contributed by atoms with Gasteiger partial charge in [-0.1, -0.05) is 35.9 Å². The van der Waals surface area contributed by atoms with Crippen LogP contribution in [0.1, 0.15) is 28.1 Å². The highest BCUT2D eigenvalue weighted by Crippen LogP contribution is 2.31. The fraction of sp³-hybridized carbons (Fsp3) is 0.192. The molecule has 3 aromatic heterocycles. The van der Waals surface area contributed by atoms with Crippen molar-refractivity contribution < 1.29 is 0 Å². The van der Waals surface area contributed by atoms with E-state index in [1.54, 1.807) is 0 Å². The van der Waals surface area contributed by atoms with Gasteiger partial charge in [-0.15, -0.1) is 0 Å². The summed E-state index contributed by atoms with van der Waals surface area (Å²) in [6, 6.07) is 19.1. The van der Waals surface area contributed by atoms with Crippen molar-refractivity contribution in [1.82, 2.24) is 19.7 Å². The van der Waals surface area contributed by atoms with Crippen molar-refractivity contribution in [3.8, 4) is 17.1 Å². The minimum absolute atomic E-state index is 0.815. The molecule has 2 aromatic carbocycles. The van der Waals surface area contributed by atoms with E-state index in [9.17, 15) is 0 Å². The van der Waals surface area contributed by atoms with Crippen LogP contribution in [0.3, 0.4) is 0 Å². The number of hydrogen-bond donors (Lipinski definition) is 0. The van der Waals surface area contributed by atoms with Gasteiger partial charge >= 0.3 is 0 Å². The SMILES string of the molecule is Cc1cc(C)c(-c2ccc3ccc4ccc(-n5nc(C)cc5C)nc4c3n2)c(C)c1. The maximum absolute atomic E-state index is 5.10. The van der Waals surface area contributed by atoms with Crippen molar-refractivity contribution in [2.45, 2.75) is 34.6 Å². The third-order valence-electron chi connectivity index (χ3n) is 5.66. The molecule has 0 aliphatic heterocycles. The molecular formula is C26H24N4. The monoisotopic (exact) mass is 392 g/mol. The van der Waals surface area contributed by atoms with E-state index in [4.69, 9.17) is 9.97 Å². The van der Waals surface area contributed by atoms with Gasteiger partial charge in [0.2, 0.25) is 0 Å². The van der Waals surface area contributed by atoms with Gasteiger partial charge in [-0.25, -0.2) is 14.6 Å². The third kappa shape index (κ3) is 2.96. The Morgan fingerprint density at radius 2 is 1.27 bits per heavy atom. The second kappa shape index (κ2) is 6.77. The van der Waals surface area contributed by atoms with E-state index in [0.29, 0.717) is 0 Å². The maximum atomic E-state index is 5.10. The lowest BCUT2D eigenvalue weighted by molar-refractivity contribution is 0.811. The van der Waals surface area contributed by atoms with Crippen LogP contribution in [0, 0.1) is 34.6 Å². The molecule has 0 radical (unpaired) electrons. The number of pyridine rings is 2. The van der Waals surface area contributed by atoms with Crippen LogP contribution in [0.15, 0.2) is 54.6 Å². The summed E-state index contributed by atoms with van der Waals surface area (Å²) in [7, 11) is 0. The largest absolute Gasteiger partial charge is 0.245 e. The Bertz CT molecular complexity index is 1420. The van der Waals surface area contributed by atoms with Gasteiger partial charge in [0.1, 0.15) is 0 Å². The van der Waals surface area contributed by atoms with Gasteiger partial charge in [0.25, 0.3) is 0 Å². The Hall–Kier alpha value is -3.53. The fourth-order valence-corrected chi connectivity index (χ4v) is 4.46. The molecule has 3 heterocycles. The first-order valence-electron chi connectivity index (χ1n) is 10.2. The van der Waals surface area contributed by atoms with Gasteiger partial charge < -0.3 is 0 Å². The Kier molecular flexibility index (Phi) is 4.17. The Morgan fingerprint density at radius 1 is 0.667 bits per heavy atom. The molecule has 0 spiro atoms. The summed E-state index contributed by atoms with van der Waals surface area (Å²) in [5.74, 6) is 0.815. The van der Waals surface area contributed by atoms with E-state index >= 15 is 0 Å². The van der Waals surface area contributed by atoms with E-state index < -0.39 is 0 Å². The van der Waals surface area contributed by atoms with Crippen molar-refractivity contribution in [1.29, 1.82) is 0 Å². The van der Waals surface area contributed by atoms with E-state index in [2.05, 4.69) is 74.4 Å². The minimum Gasteiger partial charge on any atom is -0.245 e. The zero-order chi connectivity index (χ0) is 21.0. The molecule has 5 aromatic rings. The third-order valence-corrected chi connectivity index (χ3v) is 5.66. The molecule has 0 bridgehead atoms. The van der Waals surface area contributed by atoms with Crippen molar-refractivity contribution in [3.05, 3.63) is 82.7 Å².